The molecule has 1 heterocycles. The molecular formula is C14H16FN3. The summed E-state index contributed by atoms with van der Waals surface area (Å²) in [5.74, 6) is 0.413. The summed E-state index contributed by atoms with van der Waals surface area (Å²) >= 11 is 0. The largest absolute Gasteiger partial charge is 0.304 e. The zero-order chi connectivity index (χ0) is 13.0. The molecule has 1 atom stereocenters. The topological polar surface area (TPSA) is 37.8 Å². The van der Waals surface area contributed by atoms with Crippen LogP contribution in [0, 0.1) is 12.7 Å². The van der Waals surface area contributed by atoms with E-state index in [4.69, 9.17) is 0 Å². The molecule has 1 N–H and O–H groups in total. The Labute approximate surface area is 106 Å². The molecule has 4 heteroatoms. The predicted octanol–water partition coefficient (Wildman–Crippen LogP) is 2.62. The Morgan fingerprint density at radius 2 is 2.00 bits per heavy atom. The first kappa shape index (κ1) is 12.6. The second-order valence-corrected chi connectivity index (χ2v) is 4.16. The zero-order valence-corrected chi connectivity index (χ0v) is 10.5. The number of nitrogens with one attached hydrogen (secondary N) is 1. The number of halogens is 1. The van der Waals surface area contributed by atoms with Gasteiger partial charge in [0.2, 0.25) is 0 Å². The fourth-order valence-electron chi connectivity index (χ4n) is 1.80. The SMILES string of the molecule is CCNC(c1cccc(F)c1)c1ncc(C)cn1. The quantitative estimate of drug-likeness (QED) is 0.899. The van der Waals surface area contributed by atoms with Gasteiger partial charge in [0.25, 0.3) is 0 Å². The molecule has 1 aromatic carbocycles. The molecule has 0 saturated carbocycles. The molecule has 2 aromatic rings. The summed E-state index contributed by atoms with van der Waals surface area (Å²) in [6.45, 7) is 4.70. The van der Waals surface area contributed by atoms with Gasteiger partial charge in [-0.2, -0.15) is 0 Å². The Kier molecular flexibility index (Phi) is 3.99. The molecular weight excluding hydrogens is 229 g/mol. The minimum atomic E-state index is -0.248. The van der Waals surface area contributed by atoms with Crippen LogP contribution in [0.3, 0.4) is 0 Å². The van der Waals surface area contributed by atoms with Gasteiger partial charge < -0.3 is 5.32 Å². The van der Waals surface area contributed by atoms with Crippen LogP contribution in [0.5, 0.6) is 0 Å². The molecule has 0 aliphatic rings. The molecule has 0 aliphatic carbocycles. The fourth-order valence-corrected chi connectivity index (χ4v) is 1.80. The van der Waals surface area contributed by atoms with Gasteiger partial charge in [-0.05, 0) is 36.7 Å². The van der Waals surface area contributed by atoms with Crippen LogP contribution in [-0.2, 0) is 0 Å². The second-order valence-electron chi connectivity index (χ2n) is 4.16. The normalized spacial score (nSPS) is 12.4. The van der Waals surface area contributed by atoms with Crippen molar-refractivity contribution >= 4 is 0 Å². The van der Waals surface area contributed by atoms with Crippen LogP contribution in [-0.4, -0.2) is 16.5 Å². The number of rotatable bonds is 4. The van der Waals surface area contributed by atoms with Gasteiger partial charge in [0.1, 0.15) is 11.6 Å². The smallest absolute Gasteiger partial charge is 0.149 e. The van der Waals surface area contributed by atoms with Crippen molar-refractivity contribution in [1.29, 1.82) is 0 Å². The number of nitrogens with zero attached hydrogens (tertiary/aromatic N) is 2. The maximum atomic E-state index is 13.3. The van der Waals surface area contributed by atoms with Crippen molar-refractivity contribution in [3.8, 4) is 0 Å². The van der Waals surface area contributed by atoms with Gasteiger partial charge in [-0.1, -0.05) is 19.1 Å². The van der Waals surface area contributed by atoms with Crippen molar-refractivity contribution in [2.24, 2.45) is 0 Å². The van der Waals surface area contributed by atoms with Crippen molar-refractivity contribution in [2.45, 2.75) is 19.9 Å². The highest BCUT2D eigenvalue weighted by atomic mass is 19.1. The summed E-state index contributed by atoms with van der Waals surface area (Å²) in [5, 5.41) is 3.27. The summed E-state index contributed by atoms with van der Waals surface area (Å²) in [5.41, 5.74) is 1.84. The van der Waals surface area contributed by atoms with E-state index < -0.39 is 0 Å². The molecule has 1 aromatic heterocycles. The molecule has 2 rings (SSSR count). The highest BCUT2D eigenvalue weighted by molar-refractivity contribution is 5.25. The molecule has 18 heavy (non-hydrogen) atoms. The molecule has 0 saturated heterocycles. The van der Waals surface area contributed by atoms with Gasteiger partial charge in [-0.25, -0.2) is 14.4 Å². The lowest BCUT2D eigenvalue weighted by molar-refractivity contribution is 0.583. The van der Waals surface area contributed by atoms with E-state index in [-0.39, 0.29) is 11.9 Å². The van der Waals surface area contributed by atoms with Gasteiger partial charge in [-0.15, -0.1) is 0 Å². The highest BCUT2D eigenvalue weighted by Crippen LogP contribution is 2.19. The average molecular weight is 245 g/mol. The Morgan fingerprint density at radius 1 is 1.28 bits per heavy atom. The minimum absolute atomic E-state index is 0.175. The lowest BCUT2D eigenvalue weighted by Crippen LogP contribution is -2.24. The van der Waals surface area contributed by atoms with Crippen molar-refractivity contribution in [3.63, 3.8) is 0 Å². The van der Waals surface area contributed by atoms with Crippen molar-refractivity contribution in [2.75, 3.05) is 6.54 Å². The van der Waals surface area contributed by atoms with E-state index in [1.54, 1.807) is 18.5 Å². The standard InChI is InChI=1S/C14H16FN3/c1-3-16-13(11-5-4-6-12(15)7-11)14-17-8-10(2)9-18-14/h4-9,13,16H,3H2,1-2H3. The molecule has 0 amide bonds. The zero-order valence-electron chi connectivity index (χ0n) is 10.5. The maximum absolute atomic E-state index is 13.3. The Bertz CT molecular complexity index is 511. The van der Waals surface area contributed by atoms with Gasteiger partial charge >= 0.3 is 0 Å². The van der Waals surface area contributed by atoms with Gasteiger partial charge in [0, 0.05) is 12.4 Å². The summed E-state index contributed by atoms with van der Waals surface area (Å²) in [6, 6.07) is 6.34. The lowest BCUT2D eigenvalue weighted by atomic mass is 10.1. The molecule has 0 spiro atoms. The summed E-state index contributed by atoms with van der Waals surface area (Å²) in [4.78, 5) is 8.61. The van der Waals surface area contributed by atoms with Crippen LogP contribution in [0.4, 0.5) is 4.39 Å². The lowest BCUT2D eigenvalue weighted by Gasteiger charge is -2.17. The van der Waals surface area contributed by atoms with E-state index in [1.165, 1.54) is 12.1 Å². The minimum Gasteiger partial charge on any atom is -0.304 e. The number of aromatic nitrogens is 2. The van der Waals surface area contributed by atoms with E-state index >= 15 is 0 Å². The predicted molar refractivity (Wildman–Crippen MR) is 68.7 cm³/mol. The molecule has 1 unspecified atom stereocenters. The van der Waals surface area contributed by atoms with Crippen LogP contribution in [0.15, 0.2) is 36.7 Å². The van der Waals surface area contributed by atoms with E-state index in [0.717, 1.165) is 17.7 Å². The Balaban J connectivity index is 2.36. The summed E-state index contributed by atoms with van der Waals surface area (Å²) < 4.78 is 13.3. The monoisotopic (exact) mass is 245 g/mol. The van der Waals surface area contributed by atoms with Crippen LogP contribution in [0.2, 0.25) is 0 Å². The van der Waals surface area contributed by atoms with Gasteiger partial charge in [0.05, 0.1) is 6.04 Å². The first-order valence-corrected chi connectivity index (χ1v) is 5.98. The van der Waals surface area contributed by atoms with E-state index in [1.807, 2.05) is 19.9 Å². The van der Waals surface area contributed by atoms with Crippen molar-refractivity contribution < 1.29 is 4.39 Å². The third-order valence-electron chi connectivity index (χ3n) is 2.65. The third kappa shape index (κ3) is 2.90. The number of benzene rings is 1. The number of hydrogen-bond donors (Lipinski definition) is 1. The van der Waals surface area contributed by atoms with Crippen LogP contribution in [0.25, 0.3) is 0 Å². The second kappa shape index (κ2) is 5.69. The molecule has 3 nitrogen and oxygen atoms in total. The molecule has 0 radical (unpaired) electrons. The number of aryl methyl sites for hydroxylation is 1. The number of hydrogen-bond acceptors (Lipinski definition) is 3. The maximum Gasteiger partial charge on any atom is 0.149 e. The Morgan fingerprint density at radius 3 is 2.61 bits per heavy atom. The van der Waals surface area contributed by atoms with Crippen LogP contribution in [0.1, 0.15) is 29.9 Å². The van der Waals surface area contributed by atoms with E-state index in [0.29, 0.717) is 5.82 Å². The molecule has 0 aliphatic heterocycles. The van der Waals surface area contributed by atoms with E-state index in [9.17, 15) is 4.39 Å². The van der Waals surface area contributed by atoms with Gasteiger partial charge in [-0.3, -0.25) is 0 Å². The summed E-state index contributed by atoms with van der Waals surface area (Å²) in [7, 11) is 0. The molecule has 0 fully saturated rings. The van der Waals surface area contributed by atoms with E-state index in [2.05, 4.69) is 15.3 Å². The average Bonchev–Trinajstić information content (AvgIpc) is 2.37. The Hall–Kier alpha value is -1.81. The highest BCUT2D eigenvalue weighted by Gasteiger charge is 2.15. The first-order chi connectivity index (χ1) is 8.70. The summed E-state index contributed by atoms with van der Waals surface area (Å²) in [6.07, 6.45) is 3.54. The fraction of sp³-hybridized carbons (Fsp3) is 0.286. The van der Waals surface area contributed by atoms with Crippen LogP contribution >= 0.6 is 0 Å². The van der Waals surface area contributed by atoms with Crippen molar-refractivity contribution in [1.82, 2.24) is 15.3 Å². The van der Waals surface area contributed by atoms with Crippen LogP contribution < -0.4 is 5.32 Å². The van der Waals surface area contributed by atoms with Gasteiger partial charge in [0.15, 0.2) is 0 Å². The first-order valence-electron chi connectivity index (χ1n) is 5.98. The molecule has 94 valence electrons. The third-order valence-corrected chi connectivity index (χ3v) is 2.65. The van der Waals surface area contributed by atoms with Crippen molar-refractivity contribution in [3.05, 3.63) is 59.4 Å². The molecule has 0 bridgehead atoms.